The smallest absolute Gasteiger partial charge is 0.413 e. The van der Waals surface area contributed by atoms with Gasteiger partial charge in [0, 0.05) is 0 Å². The van der Waals surface area contributed by atoms with Gasteiger partial charge in [-0.3, -0.25) is 10.1 Å². The molecule has 0 saturated heterocycles. The van der Waals surface area contributed by atoms with Gasteiger partial charge in [0.2, 0.25) is 0 Å². The molecular weight excluding hydrogens is 178 g/mol. The third kappa shape index (κ3) is 1.48. The van der Waals surface area contributed by atoms with E-state index in [1.54, 1.807) is 0 Å². The Kier molecular flexibility index (Phi) is 2.27. The van der Waals surface area contributed by atoms with E-state index in [2.05, 4.69) is 9.84 Å². The molecule has 7 nitrogen and oxygen atoms in total. The summed E-state index contributed by atoms with van der Waals surface area (Å²) in [7, 11) is 2.65. The number of hydrogen-bond donors (Lipinski definition) is 1. The van der Waals surface area contributed by atoms with Crippen LogP contribution in [0.5, 0.6) is 0 Å². The van der Waals surface area contributed by atoms with E-state index in [1.807, 2.05) is 0 Å². The van der Waals surface area contributed by atoms with E-state index in [-0.39, 0.29) is 11.4 Å². The number of nitro groups is 1. The highest BCUT2D eigenvalue weighted by molar-refractivity contribution is 5.89. The Labute approximate surface area is 73.1 Å². The number of aromatic amines is 1. The average molecular weight is 186 g/mol. The standard InChI is InChI=1S/C6H7N3O4/c1-8-5(6(10)13-2)4(3-7-8)9(11)12/h3H,1-2H3/p+1. The van der Waals surface area contributed by atoms with Gasteiger partial charge in [0.25, 0.3) is 0 Å². The Morgan fingerprint density at radius 1 is 1.77 bits per heavy atom. The molecule has 1 aromatic rings. The Morgan fingerprint density at radius 2 is 2.38 bits per heavy atom. The van der Waals surface area contributed by atoms with Gasteiger partial charge in [-0.25, -0.2) is 4.79 Å². The van der Waals surface area contributed by atoms with Crippen LogP contribution in [-0.4, -0.2) is 23.1 Å². The molecule has 0 unspecified atom stereocenters. The molecule has 0 atom stereocenters. The van der Waals surface area contributed by atoms with Crippen LogP contribution in [0.1, 0.15) is 10.5 Å². The number of nitrogens with zero attached hydrogens (tertiary/aromatic N) is 2. The van der Waals surface area contributed by atoms with E-state index in [9.17, 15) is 14.9 Å². The molecule has 0 aliphatic carbocycles. The van der Waals surface area contributed by atoms with Crippen molar-refractivity contribution in [2.75, 3.05) is 7.11 Å². The SMILES string of the molecule is COC(=O)c1c([N+](=O)[O-])c[nH][n+]1C. The lowest BCUT2D eigenvalue weighted by molar-refractivity contribution is -0.729. The first-order valence-electron chi connectivity index (χ1n) is 3.38. The predicted octanol–water partition coefficient (Wildman–Crippen LogP) is -0.466. The fraction of sp³-hybridized carbons (Fsp3) is 0.333. The topological polar surface area (TPSA) is 89.1 Å². The Hall–Kier alpha value is -1.92. The zero-order valence-corrected chi connectivity index (χ0v) is 7.10. The summed E-state index contributed by atoms with van der Waals surface area (Å²) < 4.78 is 5.61. The van der Waals surface area contributed by atoms with E-state index >= 15 is 0 Å². The minimum Gasteiger partial charge on any atom is -0.461 e. The van der Waals surface area contributed by atoms with Gasteiger partial charge >= 0.3 is 17.4 Å². The molecule has 0 amide bonds. The second-order valence-corrected chi connectivity index (χ2v) is 2.31. The third-order valence-electron chi connectivity index (χ3n) is 1.55. The van der Waals surface area contributed by atoms with Crippen molar-refractivity contribution in [3.05, 3.63) is 22.0 Å². The zero-order valence-electron chi connectivity index (χ0n) is 7.10. The van der Waals surface area contributed by atoms with Gasteiger partial charge in [0.05, 0.1) is 12.0 Å². The van der Waals surface area contributed by atoms with Gasteiger partial charge in [-0.05, 0) is 0 Å². The molecule has 1 aromatic heterocycles. The van der Waals surface area contributed by atoms with Gasteiger partial charge in [-0.15, -0.1) is 4.68 Å². The number of esters is 1. The van der Waals surface area contributed by atoms with Gasteiger partial charge in [0.15, 0.2) is 7.05 Å². The molecule has 0 spiro atoms. The van der Waals surface area contributed by atoms with Crippen molar-refractivity contribution in [2.24, 2.45) is 7.05 Å². The number of carbonyl (C=O) groups is 1. The maximum atomic E-state index is 11.1. The maximum absolute atomic E-state index is 11.1. The first-order chi connectivity index (χ1) is 6.07. The van der Waals surface area contributed by atoms with Gasteiger partial charge in [-0.1, -0.05) is 0 Å². The number of carbonyl (C=O) groups excluding carboxylic acids is 1. The molecule has 1 rings (SSSR count). The highest BCUT2D eigenvalue weighted by atomic mass is 16.6. The fourth-order valence-electron chi connectivity index (χ4n) is 0.940. The molecule has 0 aliphatic rings. The van der Waals surface area contributed by atoms with Crippen LogP contribution in [0.3, 0.4) is 0 Å². The number of rotatable bonds is 2. The highest BCUT2D eigenvalue weighted by Crippen LogP contribution is 2.13. The summed E-state index contributed by atoms with van der Waals surface area (Å²) in [6, 6.07) is 0. The van der Waals surface area contributed by atoms with Crippen molar-refractivity contribution in [1.82, 2.24) is 5.10 Å². The van der Waals surface area contributed by atoms with Crippen LogP contribution in [0, 0.1) is 10.1 Å². The molecule has 1 heterocycles. The molecule has 70 valence electrons. The molecule has 0 radical (unpaired) electrons. The van der Waals surface area contributed by atoms with E-state index in [0.29, 0.717) is 0 Å². The van der Waals surface area contributed by atoms with Crippen LogP contribution in [0.4, 0.5) is 5.69 Å². The summed E-state index contributed by atoms with van der Waals surface area (Å²) in [5.41, 5.74) is -0.401. The summed E-state index contributed by atoms with van der Waals surface area (Å²) in [5, 5.41) is 12.9. The molecule has 1 N–H and O–H groups in total. The van der Waals surface area contributed by atoms with Crippen molar-refractivity contribution in [3.8, 4) is 0 Å². The van der Waals surface area contributed by atoms with Crippen LogP contribution >= 0.6 is 0 Å². The zero-order chi connectivity index (χ0) is 10.0. The number of ether oxygens (including phenoxy) is 1. The number of aromatic nitrogens is 2. The lowest BCUT2D eigenvalue weighted by atomic mass is 10.4. The Morgan fingerprint density at radius 3 is 2.85 bits per heavy atom. The van der Waals surface area contributed by atoms with E-state index < -0.39 is 10.9 Å². The molecule has 0 fully saturated rings. The van der Waals surface area contributed by atoms with Gasteiger partial charge in [-0.2, -0.15) is 5.10 Å². The monoisotopic (exact) mass is 186 g/mol. The second kappa shape index (κ2) is 3.21. The number of hydrogen-bond acceptors (Lipinski definition) is 4. The first-order valence-corrected chi connectivity index (χ1v) is 3.38. The first kappa shape index (κ1) is 9.17. The molecule has 7 heteroatoms. The van der Waals surface area contributed by atoms with Crippen molar-refractivity contribution < 1.29 is 19.1 Å². The largest absolute Gasteiger partial charge is 0.461 e. The van der Waals surface area contributed by atoms with Crippen molar-refractivity contribution in [1.29, 1.82) is 0 Å². The molecular formula is C6H8N3O4+. The number of methoxy groups -OCH3 is 1. The molecule has 0 saturated carbocycles. The minimum absolute atomic E-state index is 0.104. The lowest BCUT2D eigenvalue weighted by Crippen LogP contribution is -2.37. The number of H-pyrrole nitrogens is 1. The minimum atomic E-state index is -0.740. The molecule has 0 aromatic carbocycles. The van der Waals surface area contributed by atoms with Crippen LogP contribution in [-0.2, 0) is 11.8 Å². The normalized spacial score (nSPS) is 9.69. The molecule has 13 heavy (non-hydrogen) atoms. The lowest BCUT2D eigenvalue weighted by Gasteiger charge is -1.90. The average Bonchev–Trinajstić information content (AvgIpc) is 2.46. The summed E-state index contributed by atoms with van der Waals surface area (Å²) in [6.45, 7) is 0. The Bertz CT molecular complexity index is 357. The van der Waals surface area contributed by atoms with Crippen LogP contribution in [0.2, 0.25) is 0 Å². The van der Waals surface area contributed by atoms with E-state index in [4.69, 9.17) is 0 Å². The van der Waals surface area contributed by atoms with Gasteiger partial charge in [0.1, 0.15) is 6.20 Å². The maximum Gasteiger partial charge on any atom is 0.413 e. The van der Waals surface area contributed by atoms with Crippen LogP contribution in [0.15, 0.2) is 6.20 Å². The van der Waals surface area contributed by atoms with E-state index in [1.165, 1.54) is 18.8 Å². The van der Waals surface area contributed by atoms with E-state index in [0.717, 1.165) is 6.20 Å². The molecule has 0 aliphatic heterocycles. The fourth-order valence-corrected chi connectivity index (χ4v) is 0.940. The second-order valence-electron chi connectivity index (χ2n) is 2.31. The Balaban J connectivity index is 3.24. The quantitative estimate of drug-likeness (QED) is 0.293. The van der Waals surface area contributed by atoms with Crippen LogP contribution < -0.4 is 4.68 Å². The predicted molar refractivity (Wildman–Crippen MR) is 40.0 cm³/mol. The third-order valence-corrected chi connectivity index (χ3v) is 1.55. The van der Waals surface area contributed by atoms with Crippen LogP contribution in [0.25, 0.3) is 0 Å². The summed E-state index contributed by atoms with van der Waals surface area (Å²) in [4.78, 5) is 20.8. The highest BCUT2D eigenvalue weighted by Gasteiger charge is 2.33. The number of nitrogens with one attached hydrogen (secondary N) is 1. The summed E-state index contributed by atoms with van der Waals surface area (Å²) in [6.07, 6.45) is 1.13. The number of aryl methyl sites for hydroxylation is 1. The molecule has 0 bridgehead atoms. The van der Waals surface area contributed by atoms with Crippen molar-refractivity contribution in [2.45, 2.75) is 0 Å². The summed E-state index contributed by atoms with van der Waals surface area (Å²) >= 11 is 0. The van der Waals surface area contributed by atoms with Gasteiger partial charge < -0.3 is 4.74 Å². The van der Waals surface area contributed by atoms with Crippen molar-refractivity contribution >= 4 is 11.7 Å². The summed E-state index contributed by atoms with van der Waals surface area (Å²) in [5.74, 6) is -0.740. The van der Waals surface area contributed by atoms with Crippen molar-refractivity contribution in [3.63, 3.8) is 0 Å².